The molecule has 26 heavy (non-hydrogen) atoms. The van der Waals surface area contributed by atoms with Crippen molar-refractivity contribution < 1.29 is 13.2 Å². The number of benzene rings is 2. The van der Waals surface area contributed by atoms with Crippen LogP contribution < -0.4 is 10.0 Å². The minimum Gasteiger partial charge on any atom is -0.347 e. The maximum atomic E-state index is 12.4. The van der Waals surface area contributed by atoms with E-state index in [1.165, 1.54) is 6.07 Å². The quantitative estimate of drug-likeness (QED) is 0.845. The standard InChI is InChI=1S/C19H21N3O3S/c1-13(2)18(14-8-4-3-5-9-14)21-17(23)12-20-19-15-10-6-7-11-16(15)26(24,25)22-19/h3-11,13,18H,12H2,1-2H3,(H,20,22)(H,21,23)/t18-/m0/s1. The molecule has 0 spiro atoms. The third-order valence-electron chi connectivity index (χ3n) is 4.19. The van der Waals surface area contributed by atoms with E-state index in [1.54, 1.807) is 18.2 Å². The largest absolute Gasteiger partial charge is 0.347 e. The Morgan fingerprint density at radius 3 is 2.42 bits per heavy atom. The Morgan fingerprint density at radius 1 is 1.08 bits per heavy atom. The van der Waals surface area contributed by atoms with Gasteiger partial charge in [-0.25, -0.2) is 8.42 Å². The van der Waals surface area contributed by atoms with Crippen LogP contribution in [0.4, 0.5) is 0 Å². The number of hydrogen-bond donors (Lipinski definition) is 2. The fraction of sp³-hybridized carbons (Fsp3) is 0.263. The maximum absolute atomic E-state index is 12.4. The average molecular weight is 371 g/mol. The van der Waals surface area contributed by atoms with Crippen molar-refractivity contribution in [1.82, 2.24) is 10.0 Å². The zero-order valence-electron chi connectivity index (χ0n) is 14.6. The molecule has 7 heteroatoms. The molecule has 0 radical (unpaired) electrons. The molecule has 1 heterocycles. The van der Waals surface area contributed by atoms with Gasteiger partial charge in [-0.05, 0) is 23.6 Å². The molecule has 0 saturated heterocycles. The molecule has 1 aliphatic rings. The SMILES string of the molecule is CC(C)[C@H](NC(=O)CN=C1NS(=O)(=O)c2ccccc21)c1ccccc1. The van der Waals surface area contributed by atoms with Crippen LogP contribution in [-0.2, 0) is 14.8 Å². The highest BCUT2D eigenvalue weighted by atomic mass is 32.2. The predicted octanol–water partition coefficient (Wildman–Crippen LogP) is 2.24. The Morgan fingerprint density at radius 2 is 1.73 bits per heavy atom. The van der Waals surface area contributed by atoms with Crippen molar-refractivity contribution >= 4 is 21.8 Å². The summed E-state index contributed by atoms with van der Waals surface area (Å²) in [7, 11) is -3.59. The number of rotatable bonds is 5. The average Bonchev–Trinajstić information content (AvgIpc) is 2.89. The highest BCUT2D eigenvalue weighted by molar-refractivity contribution is 7.90. The van der Waals surface area contributed by atoms with Gasteiger partial charge < -0.3 is 5.32 Å². The van der Waals surface area contributed by atoms with E-state index in [4.69, 9.17) is 0 Å². The summed E-state index contributed by atoms with van der Waals surface area (Å²) in [6.07, 6.45) is 0. The summed E-state index contributed by atoms with van der Waals surface area (Å²) in [5, 5.41) is 2.98. The van der Waals surface area contributed by atoms with Crippen LogP contribution in [0.25, 0.3) is 0 Å². The number of hydrogen-bond acceptors (Lipinski definition) is 4. The summed E-state index contributed by atoms with van der Waals surface area (Å²) < 4.78 is 26.5. The second-order valence-electron chi connectivity index (χ2n) is 6.47. The van der Waals surface area contributed by atoms with Crippen LogP contribution in [0.5, 0.6) is 0 Å². The summed E-state index contributed by atoms with van der Waals surface area (Å²) in [4.78, 5) is 16.7. The van der Waals surface area contributed by atoms with Crippen LogP contribution >= 0.6 is 0 Å². The molecule has 0 aliphatic carbocycles. The van der Waals surface area contributed by atoms with Crippen molar-refractivity contribution in [3.63, 3.8) is 0 Å². The van der Waals surface area contributed by atoms with Gasteiger partial charge in [-0.3, -0.25) is 14.5 Å². The van der Waals surface area contributed by atoms with Gasteiger partial charge >= 0.3 is 0 Å². The van der Waals surface area contributed by atoms with Crippen molar-refractivity contribution in [3.8, 4) is 0 Å². The second kappa shape index (κ2) is 7.29. The third kappa shape index (κ3) is 3.77. The van der Waals surface area contributed by atoms with Crippen molar-refractivity contribution in [2.75, 3.05) is 6.54 Å². The number of nitrogens with zero attached hydrogens (tertiary/aromatic N) is 1. The van der Waals surface area contributed by atoms with Crippen LogP contribution in [0.1, 0.15) is 31.0 Å². The molecule has 0 fully saturated rings. The van der Waals surface area contributed by atoms with Gasteiger partial charge in [0.2, 0.25) is 5.91 Å². The van der Waals surface area contributed by atoms with Crippen molar-refractivity contribution in [2.24, 2.45) is 10.9 Å². The molecular weight excluding hydrogens is 350 g/mol. The lowest BCUT2D eigenvalue weighted by molar-refractivity contribution is -0.120. The number of amides is 1. The molecule has 0 bridgehead atoms. The van der Waals surface area contributed by atoms with Crippen LogP contribution in [0.15, 0.2) is 64.5 Å². The first-order valence-electron chi connectivity index (χ1n) is 8.39. The van der Waals surface area contributed by atoms with E-state index >= 15 is 0 Å². The lowest BCUT2D eigenvalue weighted by Crippen LogP contribution is -2.34. The highest BCUT2D eigenvalue weighted by Crippen LogP contribution is 2.23. The lowest BCUT2D eigenvalue weighted by Gasteiger charge is -2.22. The number of sulfonamides is 1. The minimum absolute atomic E-state index is 0.128. The van der Waals surface area contributed by atoms with Crippen molar-refractivity contribution in [2.45, 2.75) is 24.8 Å². The lowest BCUT2D eigenvalue weighted by atomic mass is 9.96. The Bertz CT molecular complexity index is 938. The molecule has 0 saturated carbocycles. The van der Waals surface area contributed by atoms with Crippen LogP contribution in [0.3, 0.4) is 0 Å². The smallest absolute Gasteiger partial charge is 0.263 e. The molecule has 0 aromatic heterocycles. The van der Waals surface area contributed by atoms with Gasteiger partial charge in [0.05, 0.1) is 10.9 Å². The van der Waals surface area contributed by atoms with Gasteiger partial charge in [-0.1, -0.05) is 56.3 Å². The first kappa shape index (κ1) is 18.1. The zero-order valence-corrected chi connectivity index (χ0v) is 15.5. The molecule has 3 rings (SSSR count). The molecule has 1 amide bonds. The number of fused-ring (bicyclic) bond motifs is 1. The Labute approximate surface area is 153 Å². The maximum Gasteiger partial charge on any atom is 0.263 e. The summed E-state index contributed by atoms with van der Waals surface area (Å²) in [6.45, 7) is 3.92. The summed E-state index contributed by atoms with van der Waals surface area (Å²) in [6, 6.07) is 16.2. The monoisotopic (exact) mass is 371 g/mol. The van der Waals surface area contributed by atoms with Gasteiger partial charge in [0.1, 0.15) is 12.4 Å². The van der Waals surface area contributed by atoms with E-state index < -0.39 is 10.0 Å². The van der Waals surface area contributed by atoms with Gasteiger partial charge in [0, 0.05) is 5.56 Å². The van der Waals surface area contributed by atoms with Crippen molar-refractivity contribution in [3.05, 3.63) is 65.7 Å². The normalized spacial score (nSPS) is 17.6. The van der Waals surface area contributed by atoms with E-state index in [1.807, 2.05) is 44.2 Å². The summed E-state index contributed by atoms with van der Waals surface area (Å²) in [5.41, 5.74) is 1.51. The Balaban J connectivity index is 1.74. The fourth-order valence-electron chi connectivity index (χ4n) is 2.92. The molecule has 6 nitrogen and oxygen atoms in total. The van der Waals surface area contributed by atoms with Crippen LogP contribution in [-0.4, -0.2) is 26.7 Å². The van der Waals surface area contributed by atoms with Gasteiger partial charge in [-0.2, -0.15) is 0 Å². The first-order chi connectivity index (χ1) is 12.4. The van der Waals surface area contributed by atoms with Gasteiger partial charge in [0.25, 0.3) is 10.0 Å². The number of aliphatic imine (C=N–C) groups is 1. The molecule has 136 valence electrons. The van der Waals surface area contributed by atoms with E-state index in [0.29, 0.717) is 5.56 Å². The number of carbonyl (C=O) groups excluding carboxylic acids is 1. The third-order valence-corrected chi connectivity index (χ3v) is 5.58. The van der Waals surface area contributed by atoms with E-state index in [0.717, 1.165) is 5.56 Å². The zero-order chi connectivity index (χ0) is 18.7. The number of carbonyl (C=O) groups is 1. The first-order valence-corrected chi connectivity index (χ1v) is 9.88. The number of nitrogens with one attached hydrogen (secondary N) is 2. The number of amidine groups is 1. The second-order valence-corrected chi connectivity index (χ2v) is 8.12. The summed E-state index contributed by atoms with van der Waals surface area (Å²) in [5.74, 6) is 0.153. The van der Waals surface area contributed by atoms with Crippen molar-refractivity contribution in [1.29, 1.82) is 0 Å². The topological polar surface area (TPSA) is 87.6 Å². The minimum atomic E-state index is -3.59. The van der Waals surface area contributed by atoms with Gasteiger partial charge in [-0.15, -0.1) is 0 Å². The fourth-order valence-corrected chi connectivity index (χ4v) is 4.17. The molecule has 1 atom stereocenters. The van der Waals surface area contributed by atoms with E-state index in [9.17, 15) is 13.2 Å². The van der Waals surface area contributed by atoms with E-state index in [-0.39, 0.29) is 35.1 Å². The Hall–Kier alpha value is -2.67. The Kier molecular flexibility index (Phi) is 5.08. The molecule has 2 aromatic carbocycles. The van der Waals surface area contributed by atoms with Crippen LogP contribution in [0, 0.1) is 5.92 Å². The molecule has 2 N–H and O–H groups in total. The van der Waals surface area contributed by atoms with E-state index in [2.05, 4.69) is 15.0 Å². The van der Waals surface area contributed by atoms with Crippen LogP contribution in [0.2, 0.25) is 0 Å². The molecule has 0 unspecified atom stereocenters. The predicted molar refractivity (Wildman–Crippen MR) is 100 cm³/mol. The summed E-state index contributed by atoms with van der Waals surface area (Å²) >= 11 is 0. The highest BCUT2D eigenvalue weighted by Gasteiger charge is 2.30. The molecule has 2 aromatic rings. The van der Waals surface area contributed by atoms with Gasteiger partial charge in [0.15, 0.2) is 0 Å². The molecular formula is C19H21N3O3S. The molecule has 1 aliphatic heterocycles.